The Morgan fingerprint density at radius 1 is 1.47 bits per heavy atom. The minimum Gasteiger partial charge on any atom is -0.468 e. The first-order chi connectivity index (χ1) is 8.21. The first kappa shape index (κ1) is 14.5. The van der Waals surface area contributed by atoms with Crippen LogP contribution in [0.5, 0.6) is 0 Å². The molecule has 0 radical (unpaired) electrons. The second-order valence-corrected chi connectivity index (χ2v) is 4.57. The number of likely N-dealkylation sites (N-methyl/N-ethyl adjacent to an activating group) is 1. The molecule has 0 heterocycles. The van der Waals surface area contributed by atoms with Crippen LogP contribution < -0.4 is 5.32 Å². The number of carbonyl (C=O) groups is 1. The molecule has 1 saturated carbocycles. The van der Waals surface area contributed by atoms with Crippen LogP contribution in [-0.4, -0.2) is 38.4 Å². The topological polar surface area (TPSA) is 47.6 Å². The Balaban J connectivity index is 2.68. The highest BCUT2D eigenvalue weighted by atomic mass is 16.5. The van der Waals surface area contributed by atoms with Gasteiger partial charge in [-0.25, -0.2) is 0 Å². The summed E-state index contributed by atoms with van der Waals surface area (Å²) in [5.74, 6) is 0.222. The average Bonchev–Trinajstić information content (AvgIpc) is 2.73. The van der Waals surface area contributed by atoms with Crippen molar-refractivity contribution in [1.82, 2.24) is 5.32 Å². The van der Waals surface area contributed by atoms with Gasteiger partial charge in [-0.15, -0.1) is 0 Å². The number of rotatable bonds is 7. The Bertz CT molecular complexity index is 245. The summed E-state index contributed by atoms with van der Waals surface area (Å²) in [6.45, 7) is 6.28. The van der Waals surface area contributed by atoms with Crippen molar-refractivity contribution >= 4 is 5.97 Å². The molecule has 0 aromatic heterocycles. The Labute approximate surface area is 104 Å². The summed E-state index contributed by atoms with van der Waals surface area (Å²) in [6, 6.07) is 0. The molecule has 4 heteroatoms. The molecule has 1 rings (SSSR count). The SMILES string of the molecule is CCNC1(C(=O)OC)CCCC1CCOCC. The third-order valence-electron chi connectivity index (χ3n) is 3.68. The van der Waals surface area contributed by atoms with E-state index < -0.39 is 5.54 Å². The maximum absolute atomic E-state index is 12.0. The second-order valence-electron chi connectivity index (χ2n) is 4.57. The molecule has 0 saturated heterocycles. The van der Waals surface area contributed by atoms with Crippen LogP contribution in [0.2, 0.25) is 0 Å². The van der Waals surface area contributed by atoms with Crippen molar-refractivity contribution in [3.05, 3.63) is 0 Å². The highest BCUT2D eigenvalue weighted by Gasteiger charge is 2.48. The summed E-state index contributed by atoms with van der Waals surface area (Å²) in [5.41, 5.74) is -0.472. The normalized spacial score (nSPS) is 28.3. The fourth-order valence-corrected chi connectivity index (χ4v) is 2.91. The minimum absolute atomic E-state index is 0.113. The molecule has 2 unspecified atom stereocenters. The van der Waals surface area contributed by atoms with Crippen LogP contribution in [-0.2, 0) is 14.3 Å². The summed E-state index contributed by atoms with van der Waals surface area (Å²) in [5, 5.41) is 3.36. The van der Waals surface area contributed by atoms with Crippen molar-refractivity contribution < 1.29 is 14.3 Å². The van der Waals surface area contributed by atoms with Gasteiger partial charge in [-0.05, 0) is 38.6 Å². The van der Waals surface area contributed by atoms with Crippen LogP contribution in [0, 0.1) is 5.92 Å². The van der Waals surface area contributed by atoms with E-state index in [1.165, 1.54) is 7.11 Å². The van der Waals surface area contributed by atoms with E-state index in [1.807, 2.05) is 13.8 Å². The van der Waals surface area contributed by atoms with Gasteiger partial charge in [0.15, 0.2) is 0 Å². The first-order valence-corrected chi connectivity index (χ1v) is 6.62. The van der Waals surface area contributed by atoms with E-state index >= 15 is 0 Å². The minimum atomic E-state index is -0.472. The van der Waals surface area contributed by atoms with E-state index in [9.17, 15) is 4.79 Å². The molecule has 1 aliphatic rings. The van der Waals surface area contributed by atoms with Crippen LogP contribution in [0.3, 0.4) is 0 Å². The summed E-state index contributed by atoms with van der Waals surface area (Å²) in [4.78, 5) is 12.0. The fraction of sp³-hybridized carbons (Fsp3) is 0.923. The predicted octanol–water partition coefficient (Wildman–Crippen LogP) is 1.73. The zero-order valence-electron chi connectivity index (χ0n) is 11.3. The van der Waals surface area contributed by atoms with Gasteiger partial charge in [0, 0.05) is 13.2 Å². The Morgan fingerprint density at radius 3 is 2.82 bits per heavy atom. The van der Waals surface area contributed by atoms with Gasteiger partial charge in [-0.3, -0.25) is 4.79 Å². The molecule has 1 fully saturated rings. The lowest BCUT2D eigenvalue weighted by Gasteiger charge is -2.33. The maximum atomic E-state index is 12.0. The number of hydrogen-bond donors (Lipinski definition) is 1. The number of nitrogens with one attached hydrogen (secondary N) is 1. The Morgan fingerprint density at radius 2 is 2.24 bits per heavy atom. The molecule has 0 aromatic carbocycles. The van der Waals surface area contributed by atoms with Gasteiger partial charge in [-0.1, -0.05) is 13.3 Å². The Kier molecular flexibility index (Phi) is 5.92. The maximum Gasteiger partial charge on any atom is 0.326 e. The zero-order chi connectivity index (χ0) is 12.7. The molecule has 17 heavy (non-hydrogen) atoms. The zero-order valence-corrected chi connectivity index (χ0v) is 11.3. The van der Waals surface area contributed by atoms with E-state index in [0.29, 0.717) is 5.92 Å². The van der Waals surface area contributed by atoms with Gasteiger partial charge in [-0.2, -0.15) is 0 Å². The number of methoxy groups -OCH3 is 1. The number of ether oxygens (including phenoxy) is 2. The quantitative estimate of drug-likeness (QED) is 0.546. The molecule has 0 aliphatic heterocycles. The molecular formula is C13H25NO3. The van der Waals surface area contributed by atoms with E-state index in [0.717, 1.165) is 45.4 Å². The van der Waals surface area contributed by atoms with E-state index in [2.05, 4.69) is 5.32 Å². The van der Waals surface area contributed by atoms with Crippen molar-refractivity contribution in [2.24, 2.45) is 5.92 Å². The molecule has 1 N–H and O–H groups in total. The van der Waals surface area contributed by atoms with Crippen LogP contribution in [0.1, 0.15) is 39.5 Å². The third-order valence-corrected chi connectivity index (χ3v) is 3.68. The van der Waals surface area contributed by atoms with Crippen molar-refractivity contribution in [1.29, 1.82) is 0 Å². The van der Waals surface area contributed by atoms with Crippen LogP contribution in [0.25, 0.3) is 0 Å². The van der Waals surface area contributed by atoms with Gasteiger partial charge in [0.1, 0.15) is 5.54 Å². The summed E-state index contributed by atoms with van der Waals surface area (Å²) < 4.78 is 10.4. The molecule has 0 aromatic rings. The molecule has 0 spiro atoms. The highest BCUT2D eigenvalue weighted by molar-refractivity contribution is 5.81. The van der Waals surface area contributed by atoms with Crippen molar-refractivity contribution in [2.75, 3.05) is 26.9 Å². The van der Waals surface area contributed by atoms with Gasteiger partial charge < -0.3 is 14.8 Å². The largest absolute Gasteiger partial charge is 0.468 e. The lowest BCUT2D eigenvalue weighted by molar-refractivity contribution is -0.150. The van der Waals surface area contributed by atoms with Gasteiger partial charge in [0.2, 0.25) is 0 Å². The van der Waals surface area contributed by atoms with Gasteiger partial charge in [0.25, 0.3) is 0 Å². The van der Waals surface area contributed by atoms with Crippen molar-refractivity contribution in [3.8, 4) is 0 Å². The third kappa shape index (κ3) is 3.19. The monoisotopic (exact) mass is 243 g/mol. The predicted molar refractivity (Wildman–Crippen MR) is 66.9 cm³/mol. The first-order valence-electron chi connectivity index (χ1n) is 6.62. The standard InChI is InChI=1S/C13H25NO3/c1-4-14-13(12(15)16-3)9-6-7-11(13)8-10-17-5-2/h11,14H,4-10H2,1-3H3. The summed E-state index contributed by atoms with van der Waals surface area (Å²) in [7, 11) is 1.47. The van der Waals surface area contributed by atoms with Crippen molar-refractivity contribution in [2.45, 2.75) is 45.1 Å². The average molecular weight is 243 g/mol. The summed E-state index contributed by atoms with van der Waals surface area (Å²) in [6.07, 6.45) is 3.97. The molecule has 0 bridgehead atoms. The smallest absolute Gasteiger partial charge is 0.326 e. The molecule has 0 amide bonds. The Hall–Kier alpha value is -0.610. The summed E-state index contributed by atoms with van der Waals surface area (Å²) >= 11 is 0. The fourth-order valence-electron chi connectivity index (χ4n) is 2.91. The van der Waals surface area contributed by atoms with Crippen molar-refractivity contribution in [3.63, 3.8) is 0 Å². The van der Waals surface area contributed by atoms with Crippen LogP contribution >= 0.6 is 0 Å². The highest BCUT2D eigenvalue weighted by Crippen LogP contribution is 2.38. The number of hydrogen-bond acceptors (Lipinski definition) is 4. The molecule has 4 nitrogen and oxygen atoms in total. The molecular weight excluding hydrogens is 218 g/mol. The lowest BCUT2D eigenvalue weighted by Crippen LogP contribution is -2.55. The second kappa shape index (κ2) is 6.97. The van der Waals surface area contributed by atoms with E-state index in [4.69, 9.17) is 9.47 Å². The van der Waals surface area contributed by atoms with E-state index in [-0.39, 0.29) is 5.97 Å². The van der Waals surface area contributed by atoms with Gasteiger partial charge >= 0.3 is 5.97 Å². The van der Waals surface area contributed by atoms with E-state index in [1.54, 1.807) is 0 Å². The molecule has 1 aliphatic carbocycles. The van der Waals surface area contributed by atoms with Crippen LogP contribution in [0.15, 0.2) is 0 Å². The molecule has 2 atom stereocenters. The number of carbonyl (C=O) groups excluding carboxylic acids is 1. The lowest BCUT2D eigenvalue weighted by atomic mass is 9.84. The number of esters is 1. The molecule has 100 valence electrons. The van der Waals surface area contributed by atoms with Gasteiger partial charge in [0.05, 0.1) is 7.11 Å². The van der Waals surface area contributed by atoms with Crippen LogP contribution in [0.4, 0.5) is 0 Å².